The summed E-state index contributed by atoms with van der Waals surface area (Å²) < 4.78 is 5.14. The summed E-state index contributed by atoms with van der Waals surface area (Å²) in [6, 6.07) is 8.09. The van der Waals surface area contributed by atoms with Crippen molar-refractivity contribution in [2.24, 2.45) is 11.8 Å². The maximum atomic E-state index is 11.9. The number of aryl methyl sites for hydroxylation is 1. The Balaban J connectivity index is 1.59. The molecule has 5 heteroatoms. The summed E-state index contributed by atoms with van der Waals surface area (Å²) in [7, 11) is 1.65. The SMILES string of the molecule is COc1ccc(CC[C@H](C)NC(=O)CCNC(=O)[C@@H]2C[C@H]2C)cc1. The molecule has 0 aliphatic heterocycles. The molecule has 24 heavy (non-hydrogen) atoms. The Bertz CT molecular complexity index is 556. The Morgan fingerprint density at radius 3 is 2.54 bits per heavy atom. The molecule has 1 saturated carbocycles. The summed E-state index contributed by atoms with van der Waals surface area (Å²) in [6.45, 7) is 4.49. The Morgan fingerprint density at radius 1 is 1.29 bits per heavy atom. The molecule has 1 aliphatic carbocycles. The van der Waals surface area contributed by atoms with Gasteiger partial charge in [0.1, 0.15) is 5.75 Å². The molecule has 1 aromatic rings. The van der Waals surface area contributed by atoms with Crippen molar-refractivity contribution in [1.82, 2.24) is 10.6 Å². The van der Waals surface area contributed by atoms with Gasteiger partial charge in [0.2, 0.25) is 11.8 Å². The van der Waals surface area contributed by atoms with Crippen LogP contribution in [0.2, 0.25) is 0 Å². The number of amides is 2. The summed E-state index contributed by atoms with van der Waals surface area (Å²) in [5.74, 6) is 1.58. The van der Waals surface area contributed by atoms with Crippen LogP contribution in [-0.4, -0.2) is 31.5 Å². The minimum atomic E-state index is -0.0126. The first-order chi connectivity index (χ1) is 11.5. The van der Waals surface area contributed by atoms with E-state index in [4.69, 9.17) is 4.74 Å². The van der Waals surface area contributed by atoms with Crippen molar-refractivity contribution in [1.29, 1.82) is 0 Å². The standard InChI is InChI=1S/C19H28N2O3/c1-13-12-17(13)19(23)20-11-10-18(22)21-14(2)4-5-15-6-8-16(24-3)9-7-15/h6-9,13-14,17H,4-5,10-12H2,1-3H3,(H,20,23)(H,21,22)/t13-,14+,17-/m1/s1. The van der Waals surface area contributed by atoms with Crippen molar-refractivity contribution in [3.05, 3.63) is 29.8 Å². The Labute approximate surface area is 144 Å². The first kappa shape index (κ1) is 18.3. The van der Waals surface area contributed by atoms with E-state index in [-0.39, 0.29) is 23.8 Å². The fraction of sp³-hybridized carbons (Fsp3) is 0.579. The van der Waals surface area contributed by atoms with Crippen LogP contribution in [0.5, 0.6) is 5.75 Å². The van der Waals surface area contributed by atoms with E-state index in [1.165, 1.54) is 5.56 Å². The van der Waals surface area contributed by atoms with Crippen LogP contribution in [0.25, 0.3) is 0 Å². The molecule has 2 amide bonds. The predicted octanol–water partition coefficient (Wildman–Crippen LogP) is 2.29. The van der Waals surface area contributed by atoms with Crippen LogP contribution < -0.4 is 15.4 Å². The van der Waals surface area contributed by atoms with Gasteiger partial charge in [-0.05, 0) is 49.8 Å². The Morgan fingerprint density at radius 2 is 1.96 bits per heavy atom. The molecule has 1 fully saturated rings. The molecule has 0 heterocycles. The number of carbonyl (C=O) groups excluding carboxylic acids is 2. The lowest BCUT2D eigenvalue weighted by molar-refractivity contribution is -0.123. The average Bonchev–Trinajstić information content (AvgIpc) is 3.30. The zero-order valence-corrected chi connectivity index (χ0v) is 14.8. The van der Waals surface area contributed by atoms with Crippen molar-refractivity contribution in [2.45, 2.75) is 45.6 Å². The lowest BCUT2D eigenvalue weighted by Crippen LogP contribution is -2.36. The summed E-state index contributed by atoms with van der Waals surface area (Å²) in [4.78, 5) is 23.6. The van der Waals surface area contributed by atoms with Gasteiger partial charge in [0, 0.05) is 24.9 Å². The number of hydrogen-bond donors (Lipinski definition) is 2. The van der Waals surface area contributed by atoms with E-state index in [9.17, 15) is 9.59 Å². The van der Waals surface area contributed by atoms with Crippen LogP contribution in [0.3, 0.4) is 0 Å². The minimum Gasteiger partial charge on any atom is -0.497 e. The second-order valence-electron chi connectivity index (χ2n) is 6.72. The summed E-state index contributed by atoms with van der Waals surface area (Å²) in [5.41, 5.74) is 1.22. The number of rotatable bonds is 9. The molecule has 0 radical (unpaired) electrons. The van der Waals surface area contributed by atoms with Gasteiger partial charge in [-0.25, -0.2) is 0 Å². The van der Waals surface area contributed by atoms with Gasteiger partial charge in [0.15, 0.2) is 0 Å². The van der Waals surface area contributed by atoms with E-state index in [1.807, 2.05) is 31.2 Å². The summed E-state index contributed by atoms with van der Waals surface area (Å²) in [6.07, 6.45) is 3.09. The molecule has 132 valence electrons. The third-order valence-electron chi connectivity index (χ3n) is 4.53. The zero-order chi connectivity index (χ0) is 17.5. The van der Waals surface area contributed by atoms with Crippen molar-refractivity contribution < 1.29 is 14.3 Å². The second-order valence-corrected chi connectivity index (χ2v) is 6.72. The quantitative estimate of drug-likeness (QED) is 0.729. The van der Waals surface area contributed by atoms with Crippen LogP contribution >= 0.6 is 0 Å². The molecule has 1 aliphatic rings. The van der Waals surface area contributed by atoms with Crippen molar-refractivity contribution in [2.75, 3.05) is 13.7 Å². The lowest BCUT2D eigenvalue weighted by Gasteiger charge is -2.14. The van der Waals surface area contributed by atoms with Gasteiger partial charge < -0.3 is 15.4 Å². The number of nitrogens with one attached hydrogen (secondary N) is 2. The fourth-order valence-corrected chi connectivity index (χ4v) is 2.71. The Kier molecular flexibility index (Phi) is 6.64. The third-order valence-corrected chi connectivity index (χ3v) is 4.53. The molecule has 1 aromatic carbocycles. The summed E-state index contributed by atoms with van der Waals surface area (Å²) in [5, 5.41) is 5.82. The highest BCUT2D eigenvalue weighted by Crippen LogP contribution is 2.37. The van der Waals surface area contributed by atoms with E-state index in [1.54, 1.807) is 7.11 Å². The monoisotopic (exact) mass is 332 g/mol. The number of ether oxygens (including phenoxy) is 1. The highest BCUT2D eigenvalue weighted by Gasteiger charge is 2.38. The van der Waals surface area contributed by atoms with E-state index in [0.29, 0.717) is 18.9 Å². The molecule has 2 N–H and O–H groups in total. The maximum Gasteiger partial charge on any atom is 0.223 e. The smallest absolute Gasteiger partial charge is 0.223 e. The lowest BCUT2D eigenvalue weighted by atomic mass is 10.1. The van der Waals surface area contributed by atoms with Gasteiger partial charge in [-0.1, -0.05) is 19.1 Å². The highest BCUT2D eigenvalue weighted by molar-refractivity contribution is 5.82. The van der Waals surface area contributed by atoms with Gasteiger partial charge >= 0.3 is 0 Å². The number of carbonyl (C=O) groups is 2. The topological polar surface area (TPSA) is 67.4 Å². The van der Waals surface area contributed by atoms with Crippen LogP contribution in [-0.2, 0) is 16.0 Å². The van der Waals surface area contributed by atoms with Crippen LogP contribution in [0.1, 0.15) is 38.7 Å². The van der Waals surface area contributed by atoms with Crippen molar-refractivity contribution in [3.8, 4) is 5.75 Å². The number of benzene rings is 1. The van der Waals surface area contributed by atoms with Gasteiger partial charge in [-0.3, -0.25) is 9.59 Å². The van der Waals surface area contributed by atoms with Crippen molar-refractivity contribution >= 4 is 11.8 Å². The van der Waals surface area contributed by atoms with E-state index in [2.05, 4.69) is 17.6 Å². The molecule has 0 saturated heterocycles. The van der Waals surface area contributed by atoms with Gasteiger partial charge in [-0.15, -0.1) is 0 Å². The molecule has 3 atom stereocenters. The Hall–Kier alpha value is -2.04. The predicted molar refractivity (Wildman–Crippen MR) is 93.8 cm³/mol. The largest absolute Gasteiger partial charge is 0.497 e. The van der Waals surface area contributed by atoms with Gasteiger partial charge in [0.05, 0.1) is 7.11 Å². The molecule has 0 unspecified atom stereocenters. The second kappa shape index (κ2) is 8.71. The fourth-order valence-electron chi connectivity index (χ4n) is 2.71. The molecule has 0 spiro atoms. The van der Waals surface area contributed by atoms with E-state index < -0.39 is 0 Å². The van der Waals surface area contributed by atoms with Gasteiger partial charge in [-0.2, -0.15) is 0 Å². The molecular weight excluding hydrogens is 304 g/mol. The number of methoxy groups -OCH3 is 1. The molecular formula is C19H28N2O3. The van der Waals surface area contributed by atoms with E-state index in [0.717, 1.165) is 25.0 Å². The summed E-state index contributed by atoms with van der Waals surface area (Å²) >= 11 is 0. The van der Waals surface area contributed by atoms with Crippen LogP contribution in [0.15, 0.2) is 24.3 Å². The average molecular weight is 332 g/mol. The maximum absolute atomic E-state index is 11.9. The molecule has 5 nitrogen and oxygen atoms in total. The highest BCUT2D eigenvalue weighted by atomic mass is 16.5. The van der Waals surface area contributed by atoms with Gasteiger partial charge in [0.25, 0.3) is 0 Å². The van der Waals surface area contributed by atoms with Crippen LogP contribution in [0.4, 0.5) is 0 Å². The van der Waals surface area contributed by atoms with Crippen LogP contribution in [0, 0.1) is 11.8 Å². The third kappa shape index (κ3) is 5.87. The number of hydrogen-bond acceptors (Lipinski definition) is 3. The normalized spacial score (nSPS) is 20.1. The van der Waals surface area contributed by atoms with Crippen molar-refractivity contribution in [3.63, 3.8) is 0 Å². The minimum absolute atomic E-state index is 0.0126. The molecule has 2 rings (SSSR count). The molecule has 0 aromatic heterocycles. The van der Waals surface area contributed by atoms with E-state index >= 15 is 0 Å². The zero-order valence-electron chi connectivity index (χ0n) is 14.8. The first-order valence-corrected chi connectivity index (χ1v) is 8.69. The first-order valence-electron chi connectivity index (χ1n) is 8.69. The molecule has 0 bridgehead atoms.